The van der Waals surface area contributed by atoms with Crippen molar-refractivity contribution in [2.75, 3.05) is 36.6 Å². The number of ether oxygens (including phenoxy) is 1. The molecule has 6 heteroatoms. The van der Waals surface area contributed by atoms with Gasteiger partial charge in [-0.25, -0.2) is 15.8 Å². The highest BCUT2D eigenvalue weighted by molar-refractivity contribution is 5.49. The second-order valence-corrected chi connectivity index (χ2v) is 4.37. The number of anilines is 2. The molecule has 1 fully saturated rings. The number of hydrazine groups is 1. The number of hydrogen-bond donors (Lipinski definition) is 2. The number of aryl methyl sites for hydroxylation is 1. The third-order valence-corrected chi connectivity index (χ3v) is 2.93. The number of nitrogens with zero attached hydrogens (tertiary/aromatic N) is 3. The molecule has 3 N–H and O–H groups in total. The van der Waals surface area contributed by atoms with Gasteiger partial charge in [0.05, 0.1) is 6.61 Å². The summed E-state index contributed by atoms with van der Waals surface area (Å²) < 4.78 is 5.46. The molecule has 1 aromatic heterocycles. The van der Waals surface area contributed by atoms with Gasteiger partial charge in [-0.3, -0.25) is 0 Å². The molecule has 0 aliphatic carbocycles. The highest BCUT2D eigenvalue weighted by Crippen LogP contribution is 2.17. The van der Waals surface area contributed by atoms with Crippen LogP contribution in [0.15, 0.2) is 6.07 Å². The lowest BCUT2D eigenvalue weighted by molar-refractivity contribution is 0.152. The van der Waals surface area contributed by atoms with Gasteiger partial charge in [0.15, 0.2) is 0 Å². The Morgan fingerprint density at radius 3 is 3.06 bits per heavy atom. The standard InChI is InChI=1S/C12H21N5O/c1-2-4-10-14-11(16-13)9-12(15-10)17-5-3-7-18-8-6-17/h9H,2-8,13H2,1H3,(H,14,15,16). The van der Waals surface area contributed by atoms with Crippen molar-refractivity contribution in [1.82, 2.24) is 9.97 Å². The van der Waals surface area contributed by atoms with E-state index in [0.717, 1.165) is 57.2 Å². The molecule has 0 unspecified atom stereocenters. The third kappa shape index (κ3) is 3.30. The molecule has 0 spiro atoms. The van der Waals surface area contributed by atoms with Crippen molar-refractivity contribution in [1.29, 1.82) is 0 Å². The summed E-state index contributed by atoms with van der Waals surface area (Å²) in [7, 11) is 0. The second kappa shape index (κ2) is 6.51. The third-order valence-electron chi connectivity index (χ3n) is 2.93. The molecule has 0 atom stereocenters. The summed E-state index contributed by atoms with van der Waals surface area (Å²) in [5.41, 5.74) is 2.61. The van der Waals surface area contributed by atoms with Crippen LogP contribution in [-0.2, 0) is 11.2 Å². The second-order valence-electron chi connectivity index (χ2n) is 4.37. The van der Waals surface area contributed by atoms with E-state index in [4.69, 9.17) is 10.6 Å². The van der Waals surface area contributed by atoms with E-state index in [1.54, 1.807) is 0 Å². The average Bonchev–Trinajstić information content (AvgIpc) is 2.67. The molecule has 2 rings (SSSR count). The molecular formula is C12H21N5O. The number of rotatable bonds is 4. The predicted octanol–water partition coefficient (Wildman–Crippen LogP) is 0.941. The van der Waals surface area contributed by atoms with Crippen molar-refractivity contribution >= 4 is 11.6 Å². The summed E-state index contributed by atoms with van der Waals surface area (Å²) >= 11 is 0. The van der Waals surface area contributed by atoms with E-state index in [-0.39, 0.29) is 0 Å². The summed E-state index contributed by atoms with van der Waals surface area (Å²) in [4.78, 5) is 11.2. The van der Waals surface area contributed by atoms with Crippen molar-refractivity contribution in [3.8, 4) is 0 Å². The first-order valence-electron chi connectivity index (χ1n) is 6.50. The summed E-state index contributed by atoms with van der Waals surface area (Å²) in [5, 5.41) is 0. The number of aromatic nitrogens is 2. The smallest absolute Gasteiger partial charge is 0.145 e. The van der Waals surface area contributed by atoms with Gasteiger partial charge >= 0.3 is 0 Å². The Labute approximate surface area is 108 Å². The first-order valence-corrected chi connectivity index (χ1v) is 6.50. The van der Waals surface area contributed by atoms with Gasteiger partial charge in [-0.05, 0) is 12.8 Å². The van der Waals surface area contributed by atoms with Crippen LogP contribution in [-0.4, -0.2) is 36.3 Å². The molecule has 1 aromatic rings. The van der Waals surface area contributed by atoms with Crippen LogP contribution in [0.2, 0.25) is 0 Å². The Balaban J connectivity index is 2.21. The fraction of sp³-hybridized carbons (Fsp3) is 0.667. The molecule has 1 aliphatic rings. The summed E-state index contributed by atoms with van der Waals surface area (Å²) in [6.07, 6.45) is 2.92. The minimum Gasteiger partial charge on any atom is -0.380 e. The van der Waals surface area contributed by atoms with Crippen molar-refractivity contribution in [3.63, 3.8) is 0 Å². The molecular weight excluding hydrogens is 230 g/mol. The summed E-state index contributed by atoms with van der Waals surface area (Å²) in [6.45, 7) is 5.52. The molecule has 100 valence electrons. The summed E-state index contributed by atoms with van der Waals surface area (Å²) in [6, 6.07) is 1.89. The normalized spacial score (nSPS) is 16.4. The number of nitrogens with one attached hydrogen (secondary N) is 1. The van der Waals surface area contributed by atoms with Gasteiger partial charge in [0.25, 0.3) is 0 Å². The molecule has 0 radical (unpaired) electrons. The Hall–Kier alpha value is -1.40. The van der Waals surface area contributed by atoms with E-state index in [1.165, 1.54) is 0 Å². The van der Waals surface area contributed by atoms with E-state index in [9.17, 15) is 0 Å². The zero-order valence-electron chi connectivity index (χ0n) is 10.9. The van der Waals surface area contributed by atoms with Crippen LogP contribution in [0.5, 0.6) is 0 Å². The zero-order chi connectivity index (χ0) is 12.8. The van der Waals surface area contributed by atoms with Crippen molar-refractivity contribution in [2.24, 2.45) is 5.84 Å². The van der Waals surface area contributed by atoms with Crippen LogP contribution >= 0.6 is 0 Å². The number of nitrogens with two attached hydrogens (primary N) is 1. The van der Waals surface area contributed by atoms with Crippen molar-refractivity contribution < 1.29 is 4.74 Å². The van der Waals surface area contributed by atoms with E-state index < -0.39 is 0 Å². The zero-order valence-corrected chi connectivity index (χ0v) is 10.9. The maximum atomic E-state index is 5.46. The topological polar surface area (TPSA) is 76.3 Å². The monoisotopic (exact) mass is 251 g/mol. The van der Waals surface area contributed by atoms with Gasteiger partial charge in [-0.1, -0.05) is 6.92 Å². The molecule has 1 saturated heterocycles. The van der Waals surface area contributed by atoms with Crippen LogP contribution in [0, 0.1) is 0 Å². The highest BCUT2D eigenvalue weighted by Gasteiger charge is 2.13. The molecule has 0 amide bonds. The molecule has 18 heavy (non-hydrogen) atoms. The summed E-state index contributed by atoms with van der Waals surface area (Å²) in [5.74, 6) is 7.91. The molecule has 0 aromatic carbocycles. The lowest BCUT2D eigenvalue weighted by Gasteiger charge is -2.21. The average molecular weight is 251 g/mol. The maximum Gasteiger partial charge on any atom is 0.145 e. The van der Waals surface area contributed by atoms with Crippen LogP contribution in [0.3, 0.4) is 0 Å². The van der Waals surface area contributed by atoms with Gasteiger partial charge in [-0.2, -0.15) is 0 Å². The Bertz CT molecular complexity index is 377. The quantitative estimate of drug-likeness (QED) is 0.612. The lowest BCUT2D eigenvalue weighted by atomic mass is 10.3. The molecule has 2 heterocycles. The fourth-order valence-electron chi connectivity index (χ4n) is 2.03. The first kappa shape index (κ1) is 13.0. The van der Waals surface area contributed by atoms with E-state index in [1.807, 2.05) is 6.07 Å². The Morgan fingerprint density at radius 2 is 2.28 bits per heavy atom. The van der Waals surface area contributed by atoms with Crippen LogP contribution in [0.1, 0.15) is 25.6 Å². The van der Waals surface area contributed by atoms with Gasteiger partial charge in [0.2, 0.25) is 0 Å². The van der Waals surface area contributed by atoms with Gasteiger partial charge in [0, 0.05) is 32.2 Å². The predicted molar refractivity (Wildman–Crippen MR) is 71.5 cm³/mol. The van der Waals surface area contributed by atoms with Crippen LogP contribution < -0.4 is 16.2 Å². The van der Waals surface area contributed by atoms with Crippen LogP contribution in [0.25, 0.3) is 0 Å². The Morgan fingerprint density at radius 1 is 1.39 bits per heavy atom. The minimum absolute atomic E-state index is 0.675. The van der Waals surface area contributed by atoms with E-state index in [0.29, 0.717) is 5.82 Å². The van der Waals surface area contributed by atoms with E-state index in [2.05, 4.69) is 27.2 Å². The van der Waals surface area contributed by atoms with Crippen molar-refractivity contribution in [3.05, 3.63) is 11.9 Å². The minimum atomic E-state index is 0.675. The number of hydrogen-bond acceptors (Lipinski definition) is 6. The molecule has 1 aliphatic heterocycles. The van der Waals surface area contributed by atoms with Gasteiger partial charge < -0.3 is 15.1 Å². The highest BCUT2D eigenvalue weighted by atomic mass is 16.5. The first-order chi connectivity index (χ1) is 8.83. The largest absolute Gasteiger partial charge is 0.380 e. The Kier molecular flexibility index (Phi) is 4.72. The molecule has 0 bridgehead atoms. The van der Waals surface area contributed by atoms with Crippen LogP contribution in [0.4, 0.5) is 11.6 Å². The lowest BCUT2D eigenvalue weighted by Crippen LogP contribution is -2.27. The van der Waals surface area contributed by atoms with Crippen molar-refractivity contribution in [2.45, 2.75) is 26.2 Å². The van der Waals surface area contributed by atoms with Gasteiger partial charge in [-0.15, -0.1) is 0 Å². The number of nitrogen functional groups attached to an aromatic ring is 1. The van der Waals surface area contributed by atoms with E-state index >= 15 is 0 Å². The maximum absolute atomic E-state index is 5.46. The fourth-order valence-corrected chi connectivity index (χ4v) is 2.03. The molecule has 0 saturated carbocycles. The SMILES string of the molecule is CCCc1nc(NN)cc(N2CCCOCC2)n1. The molecule has 6 nitrogen and oxygen atoms in total. The van der Waals surface area contributed by atoms with Gasteiger partial charge in [0.1, 0.15) is 17.5 Å².